The summed E-state index contributed by atoms with van der Waals surface area (Å²) in [4.78, 5) is 0. The molecule has 0 spiro atoms. The number of methoxy groups -OCH3 is 2. The van der Waals surface area contributed by atoms with Crippen molar-refractivity contribution in [2.24, 2.45) is 0 Å². The standard InChI is InChI=1S/C24H23ClN2O3/c1-29-17-7-5-6-15(12-17)20-14-21(19-13-16(25)10-11-22(19)28)27-24(26-20)18-8-3-4-9-23(18)30-2/h3-14,21,24,26-28H,1-2H3/p+1. The number of hydrogen-bond donors (Lipinski definition) is 3. The normalized spacial score (nSPS) is 18.3. The fraction of sp³-hybridized carbons (Fsp3) is 0.167. The van der Waals surface area contributed by atoms with E-state index in [4.69, 9.17) is 21.1 Å². The maximum absolute atomic E-state index is 10.5. The van der Waals surface area contributed by atoms with E-state index in [0.29, 0.717) is 5.02 Å². The Morgan fingerprint density at radius 1 is 0.933 bits per heavy atom. The van der Waals surface area contributed by atoms with E-state index >= 15 is 0 Å². The van der Waals surface area contributed by atoms with E-state index in [-0.39, 0.29) is 18.0 Å². The van der Waals surface area contributed by atoms with Gasteiger partial charge in [-0.3, -0.25) is 0 Å². The molecule has 4 N–H and O–H groups in total. The first-order valence-electron chi connectivity index (χ1n) is 9.68. The van der Waals surface area contributed by atoms with Crippen molar-refractivity contribution in [2.75, 3.05) is 14.2 Å². The second-order valence-electron chi connectivity index (χ2n) is 7.10. The van der Waals surface area contributed by atoms with E-state index < -0.39 is 0 Å². The van der Waals surface area contributed by atoms with E-state index in [1.54, 1.807) is 26.4 Å². The first-order chi connectivity index (χ1) is 14.6. The lowest BCUT2D eigenvalue weighted by atomic mass is 9.97. The van der Waals surface area contributed by atoms with E-state index in [2.05, 4.69) is 16.7 Å². The Bertz CT molecular complexity index is 1080. The lowest BCUT2D eigenvalue weighted by Crippen LogP contribution is -2.89. The minimum Gasteiger partial charge on any atom is -0.507 e. The second-order valence-corrected chi connectivity index (χ2v) is 7.53. The molecular formula is C24H24ClN2O3+. The third-order valence-electron chi connectivity index (χ3n) is 5.26. The number of para-hydroxylation sites is 1. The Kier molecular flexibility index (Phi) is 5.84. The van der Waals surface area contributed by atoms with Crippen molar-refractivity contribution in [1.82, 2.24) is 5.32 Å². The Hall–Kier alpha value is -3.15. The van der Waals surface area contributed by atoms with Crippen molar-refractivity contribution in [3.63, 3.8) is 0 Å². The van der Waals surface area contributed by atoms with Gasteiger partial charge >= 0.3 is 0 Å². The molecule has 2 atom stereocenters. The fourth-order valence-corrected chi connectivity index (χ4v) is 3.95. The largest absolute Gasteiger partial charge is 0.507 e. The van der Waals surface area contributed by atoms with Gasteiger partial charge in [0.05, 0.1) is 25.3 Å². The molecule has 0 aliphatic carbocycles. The molecule has 4 rings (SSSR count). The quantitative estimate of drug-likeness (QED) is 0.580. The van der Waals surface area contributed by atoms with Crippen LogP contribution in [0.25, 0.3) is 5.70 Å². The van der Waals surface area contributed by atoms with E-state index in [9.17, 15) is 5.11 Å². The van der Waals surface area contributed by atoms with Gasteiger partial charge in [0.15, 0.2) is 6.17 Å². The van der Waals surface area contributed by atoms with Crippen LogP contribution in [0.2, 0.25) is 5.02 Å². The van der Waals surface area contributed by atoms with Crippen LogP contribution >= 0.6 is 11.6 Å². The molecular weight excluding hydrogens is 400 g/mol. The molecule has 0 aromatic heterocycles. The summed E-state index contributed by atoms with van der Waals surface area (Å²) in [5.41, 5.74) is 3.70. The van der Waals surface area contributed by atoms with Crippen molar-refractivity contribution in [1.29, 1.82) is 0 Å². The van der Waals surface area contributed by atoms with Crippen molar-refractivity contribution in [3.8, 4) is 17.2 Å². The van der Waals surface area contributed by atoms with Crippen LogP contribution in [0.15, 0.2) is 72.8 Å². The van der Waals surface area contributed by atoms with Gasteiger partial charge in [0.2, 0.25) is 0 Å². The number of phenolic OH excluding ortho intramolecular Hbond substituents is 1. The number of nitrogens with two attached hydrogens (primary N) is 1. The Morgan fingerprint density at radius 3 is 2.57 bits per heavy atom. The number of phenols is 1. The number of ether oxygens (including phenoxy) is 2. The smallest absolute Gasteiger partial charge is 0.190 e. The molecule has 0 fully saturated rings. The summed E-state index contributed by atoms with van der Waals surface area (Å²) in [6, 6.07) is 20.8. The topological polar surface area (TPSA) is 67.3 Å². The van der Waals surface area contributed by atoms with Crippen molar-refractivity contribution in [2.45, 2.75) is 12.2 Å². The number of benzene rings is 3. The number of aromatic hydroxyl groups is 1. The van der Waals surface area contributed by atoms with Gasteiger partial charge in [-0.15, -0.1) is 0 Å². The van der Waals surface area contributed by atoms with Gasteiger partial charge in [0.1, 0.15) is 23.3 Å². The number of halogens is 1. The molecule has 3 aromatic rings. The average molecular weight is 424 g/mol. The molecule has 0 saturated carbocycles. The first kappa shape index (κ1) is 20.1. The van der Waals surface area contributed by atoms with Gasteiger partial charge in [0.25, 0.3) is 0 Å². The van der Waals surface area contributed by atoms with E-state index in [1.807, 2.05) is 54.6 Å². The molecule has 1 aliphatic rings. The van der Waals surface area contributed by atoms with Crippen molar-refractivity contribution >= 4 is 17.3 Å². The number of quaternary nitrogens is 1. The van der Waals surface area contributed by atoms with Crippen LogP contribution in [-0.4, -0.2) is 19.3 Å². The molecule has 6 heteroatoms. The molecule has 2 unspecified atom stereocenters. The van der Waals surface area contributed by atoms with Crippen LogP contribution in [0.5, 0.6) is 17.2 Å². The zero-order valence-corrected chi connectivity index (χ0v) is 17.6. The predicted octanol–water partition coefficient (Wildman–Crippen LogP) is 4.01. The van der Waals surface area contributed by atoms with Crippen LogP contribution in [0.4, 0.5) is 0 Å². The Labute approximate surface area is 180 Å². The summed E-state index contributed by atoms with van der Waals surface area (Å²) in [5, 5.41) is 16.8. The third-order valence-corrected chi connectivity index (χ3v) is 5.50. The number of hydrogen-bond acceptors (Lipinski definition) is 4. The van der Waals surface area contributed by atoms with E-state index in [0.717, 1.165) is 33.9 Å². The highest BCUT2D eigenvalue weighted by atomic mass is 35.5. The minimum atomic E-state index is -0.152. The number of rotatable bonds is 5. The third kappa shape index (κ3) is 4.08. The molecule has 0 amide bonds. The van der Waals surface area contributed by atoms with Crippen LogP contribution in [0.3, 0.4) is 0 Å². The molecule has 3 aromatic carbocycles. The van der Waals surface area contributed by atoms with Gasteiger partial charge < -0.3 is 25.2 Å². The Morgan fingerprint density at radius 2 is 1.77 bits per heavy atom. The number of nitrogens with one attached hydrogen (secondary N) is 1. The molecule has 1 aliphatic heterocycles. The molecule has 5 nitrogen and oxygen atoms in total. The minimum absolute atomic E-state index is 0.129. The summed E-state index contributed by atoms with van der Waals surface area (Å²) in [6.45, 7) is 0. The molecule has 30 heavy (non-hydrogen) atoms. The summed E-state index contributed by atoms with van der Waals surface area (Å²) in [6.07, 6.45) is 1.96. The highest BCUT2D eigenvalue weighted by molar-refractivity contribution is 6.30. The summed E-state index contributed by atoms with van der Waals surface area (Å²) in [5.74, 6) is 1.79. The fourth-order valence-electron chi connectivity index (χ4n) is 3.77. The van der Waals surface area contributed by atoms with E-state index in [1.165, 1.54) is 0 Å². The van der Waals surface area contributed by atoms with Crippen LogP contribution in [0, 0.1) is 0 Å². The van der Waals surface area contributed by atoms with Crippen LogP contribution in [-0.2, 0) is 0 Å². The molecule has 0 bridgehead atoms. The second kappa shape index (κ2) is 8.69. The maximum atomic E-state index is 10.5. The van der Waals surface area contributed by atoms with Gasteiger partial charge in [-0.25, -0.2) is 0 Å². The SMILES string of the molecule is COc1cccc(C2=CC(c3cc(Cl)ccc3O)[NH2+]C(c3ccccc3OC)N2)c1. The van der Waals surface area contributed by atoms with Gasteiger partial charge in [-0.2, -0.15) is 0 Å². The highest BCUT2D eigenvalue weighted by Crippen LogP contribution is 2.33. The summed E-state index contributed by atoms with van der Waals surface area (Å²) >= 11 is 6.23. The van der Waals surface area contributed by atoms with Gasteiger partial charge in [-0.05, 0) is 42.5 Å². The lowest BCUT2D eigenvalue weighted by Gasteiger charge is -2.30. The van der Waals surface area contributed by atoms with Crippen LogP contribution in [0.1, 0.15) is 28.9 Å². The monoisotopic (exact) mass is 423 g/mol. The molecule has 154 valence electrons. The molecule has 0 radical (unpaired) electrons. The predicted molar refractivity (Wildman–Crippen MR) is 118 cm³/mol. The first-order valence-corrected chi connectivity index (χ1v) is 10.1. The highest BCUT2D eigenvalue weighted by Gasteiger charge is 2.31. The van der Waals surface area contributed by atoms with Crippen LogP contribution < -0.4 is 20.1 Å². The zero-order chi connectivity index (χ0) is 21.1. The summed E-state index contributed by atoms with van der Waals surface area (Å²) < 4.78 is 11.0. The van der Waals surface area contributed by atoms with Gasteiger partial charge in [-0.1, -0.05) is 35.9 Å². The Balaban J connectivity index is 1.81. The maximum Gasteiger partial charge on any atom is 0.190 e. The lowest BCUT2D eigenvalue weighted by molar-refractivity contribution is -0.731. The van der Waals surface area contributed by atoms with Crippen molar-refractivity contribution in [3.05, 3.63) is 94.5 Å². The zero-order valence-electron chi connectivity index (χ0n) is 16.8. The van der Waals surface area contributed by atoms with Crippen molar-refractivity contribution < 1.29 is 19.9 Å². The molecule has 1 heterocycles. The molecule has 0 saturated heterocycles. The van der Waals surface area contributed by atoms with Gasteiger partial charge in [0, 0.05) is 22.4 Å². The summed E-state index contributed by atoms with van der Waals surface area (Å²) in [7, 11) is 3.32. The average Bonchev–Trinajstić information content (AvgIpc) is 2.80.